The molecule has 33 heavy (non-hydrogen) atoms. The largest absolute Gasteiger partial charge is 0.619 e. The lowest BCUT2D eigenvalue weighted by Gasteiger charge is -2.40. The van der Waals surface area contributed by atoms with Gasteiger partial charge in [0.05, 0.1) is 18.2 Å². The Bertz CT molecular complexity index is 1120. The third-order valence-corrected chi connectivity index (χ3v) is 7.18. The third-order valence-electron chi connectivity index (χ3n) is 6.74. The summed E-state index contributed by atoms with van der Waals surface area (Å²) in [5.41, 5.74) is 7.31. The van der Waals surface area contributed by atoms with Crippen LogP contribution in [0.5, 0.6) is 0 Å². The minimum absolute atomic E-state index is 0.102. The number of aryl methyl sites for hydroxylation is 3. The summed E-state index contributed by atoms with van der Waals surface area (Å²) in [7, 11) is 0. The van der Waals surface area contributed by atoms with E-state index in [-0.39, 0.29) is 11.9 Å². The van der Waals surface area contributed by atoms with Gasteiger partial charge in [-0.25, -0.2) is 0 Å². The van der Waals surface area contributed by atoms with Gasteiger partial charge < -0.3 is 10.1 Å². The number of fused-ring (bicyclic) bond motifs is 2. The van der Waals surface area contributed by atoms with Crippen molar-refractivity contribution >= 4 is 21.8 Å². The molecule has 1 unspecified atom stereocenters. The lowest BCUT2D eigenvalue weighted by Crippen LogP contribution is -2.50. The number of amides is 1. The van der Waals surface area contributed by atoms with Gasteiger partial charge in [0.1, 0.15) is 0 Å². The van der Waals surface area contributed by atoms with E-state index in [0.717, 1.165) is 46.4 Å². The zero-order valence-corrected chi connectivity index (χ0v) is 20.3. The maximum atomic E-state index is 12.9. The van der Waals surface area contributed by atoms with Crippen molar-refractivity contribution in [1.82, 2.24) is 14.8 Å². The highest BCUT2D eigenvalue weighted by atomic mass is 79.9. The summed E-state index contributed by atoms with van der Waals surface area (Å²) in [6.07, 6.45) is 7.09. The first-order valence-electron chi connectivity index (χ1n) is 11.4. The third kappa shape index (κ3) is 4.66. The van der Waals surface area contributed by atoms with Crippen molar-refractivity contribution in [3.8, 4) is 0 Å². The van der Waals surface area contributed by atoms with E-state index in [1.807, 2.05) is 11.1 Å². The Hall–Kier alpha value is -2.77. The SMILES string of the molecule is Cc1ccc2c(c1)CCc1cc(Br)cnc1C2N1CCN(C(=O)Cc2cc[n+]([O-])cc2)CC1. The van der Waals surface area contributed by atoms with Crippen molar-refractivity contribution in [3.05, 3.63) is 98.2 Å². The number of benzene rings is 1. The van der Waals surface area contributed by atoms with Crippen LogP contribution in [-0.4, -0.2) is 46.9 Å². The van der Waals surface area contributed by atoms with Gasteiger partial charge in [-0.1, -0.05) is 23.8 Å². The number of piperazine rings is 1. The number of pyridine rings is 2. The number of hydrogen-bond acceptors (Lipinski definition) is 4. The van der Waals surface area contributed by atoms with Crippen LogP contribution in [0.15, 0.2) is 59.5 Å². The topological polar surface area (TPSA) is 63.4 Å². The van der Waals surface area contributed by atoms with Gasteiger partial charge in [-0.2, -0.15) is 4.73 Å². The number of halogens is 1. The second-order valence-electron chi connectivity index (χ2n) is 8.96. The minimum Gasteiger partial charge on any atom is -0.619 e. The highest BCUT2D eigenvalue weighted by molar-refractivity contribution is 9.10. The van der Waals surface area contributed by atoms with Gasteiger partial charge in [-0.05, 0) is 64.0 Å². The van der Waals surface area contributed by atoms with Crippen molar-refractivity contribution in [3.63, 3.8) is 0 Å². The first-order valence-corrected chi connectivity index (χ1v) is 12.2. The zero-order chi connectivity index (χ0) is 22.9. The Labute approximate surface area is 202 Å². The Morgan fingerprint density at radius 1 is 1.09 bits per heavy atom. The van der Waals surface area contributed by atoms with Crippen LogP contribution in [0.25, 0.3) is 0 Å². The highest BCUT2D eigenvalue weighted by Gasteiger charge is 2.33. The molecule has 170 valence electrons. The normalized spacial score (nSPS) is 18.4. The van der Waals surface area contributed by atoms with Crippen molar-refractivity contribution in [2.45, 2.75) is 32.2 Å². The summed E-state index contributed by atoms with van der Waals surface area (Å²) in [4.78, 5) is 22.2. The number of rotatable bonds is 3. The number of nitrogens with zero attached hydrogens (tertiary/aromatic N) is 4. The molecule has 7 heteroatoms. The summed E-state index contributed by atoms with van der Waals surface area (Å²) in [5.74, 6) is 0.109. The Balaban J connectivity index is 1.36. The average molecular weight is 507 g/mol. The molecule has 1 aliphatic carbocycles. The van der Waals surface area contributed by atoms with Gasteiger partial charge in [0.15, 0.2) is 12.4 Å². The van der Waals surface area contributed by atoms with Crippen molar-refractivity contribution in [2.24, 2.45) is 0 Å². The molecule has 1 saturated heterocycles. The molecule has 0 bridgehead atoms. The lowest BCUT2D eigenvalue weighted by atomic mass is 9.94. The fourth-order valence-corrected chi connectivity index (χ4v) is 5.40. The zero-order valence-electron chi connectivity index (χ0n) is 18.7. The highest BCUT2D eigenvalue weighted by Crippen LogP contribution is 2.37. The molecule has 2 aromatic heterocycles. The van der Waals surface area contributed by atoms with E-state index in [0.29, 0.717) is 19.5 Å². The van der Waals surface area contributed by atoms with Gasteiger partial charge in [-0.3, -0.25) is 14.7 Å². The molecule has 2 aliphatic rings. The van der Waals surface area contributed by atoms with Crippen LogP contribution in [-0.2, 0) is 24.1 Å². The minimum atomic E-state index is 0.102. The molecule has 1 aliphatic heterocycles. The van der Waals surface area contributed by atoms with E-state index in [2.05, 4.69) is 52.0 Å². The number of carbonyl (C=O) groups is 1. The van der Waals surface area contributed by atoms with E-state index in [4.69, 9.17) is 4.98 Å². The average Bonchev–Trinajstić information content (AvgIpc) is 2.97. The number of carbonyl (C=O) groups excluding carboxylic acids is 1. The van der Waals surface area contributed by atoms with Gasteiger partial charge in [0, 0.05) is 49.0 Å². The van der Waals surface area contributed by atoms with Crippen LogP contribution in [0.3, 0.4) is 0 Å². The molecular weight excluding hydrogens is 480 g/mol. The molecule has 3 heterocycles. The number of aromatic nitrogens is 2. The molecule has 6 nitrogen and oxygen atoms in total. The quantitative estimate of drug-likeness (QED) is 0.403. The summed E-state index contributed by atoms with van der Waals surface area (Å²) in [6.45, 7) is 5.13. The Kier molecular flexibility index (Phi) is 6.17. The van der Waals surface area contributed by atoms with Crippen LogP contribution < -0.4 is 4.73 Å². The van der Waals surface area contributed by atoms with E-state index in [1.54, 1.807) is 12.1 Å². The van der Waals surface area contributed by atoms with Gasteiger partial charge in [0.2, 0.25) is 5.91 Å². The molecule has 3 aromatic rings. The summed E-state index contributed by atoms with van der Waals surface area (Å²) in [6, 6.07) is 12.5. The smallest absolute Gasteiger partial charge is 0.227 e. The number of hydrogen-bond donors (Lipinski definition) is 0. The fraction of sp³-hybridized carbons (Fsp3) is 0.346. The molecule has 1 fully saturated rings. The van der Waals surface area contributed by atoms with Crippen molar-refractivity contribution < 1.29 is 9.52 Å². The second kappa shape index (κ2) is 9.23. The molecule has 0 radical (unpaired) electrons. The monoisotopic (exact) mass is 506 g/mol. The first-order chi connectivity index (χ1) is 16.0. The summed E-state index contributed by atoms with van der Waals surface area (Å²) in [5, 5.41) is 11.2. The van der Waals surface area contributed by atoms with Gasteiger partial charge in [-0.15, -0.1) is 0 Å². The summed E-state index contributed by atoms with van der Waals surface area (Å²) < 4.78 is 1.75. The molecule has 1 aromatic carbocycles. The molecule has 0 saturated carbocycles. The molecule has 5 rings (SSSR count). The Morgan fingerprint density at radius 2 is 1.82 bits per heavy atom. The van der Waals surface area contributed by atoms with E-state index in [1.165, 1.54) is 34.6 Å². The van der Waals surface area contributed by atoms with Crippen molar-refractivity contribution in [2.75, 3.05) is 26.2 Å². The molecule has 0 spiro atoms. The van der Waals surface area contributed by atoms with E-state index in [9.17, 15) is 10.0 Å². The predicted molar refractivity (Wildman–Crippen MR) is 130 cm³/mol. The first kappa shape index (κ1) is 22.0. The second-order valence-corrected chi connectivity index (χ2v) is 9.88. The van der Waals surface area contributed by atoms with Crippen LogP contribution in [0.4, 0.5) is 0 Å². The maximum absolute atomic E-state index is 12.9. The summed E-state index contributed by atoms with van der Waals surface area (Å²) >= 11 is 3.59. The van der Waals surface area contributed by atoms with Gasteiger partial charge in [0.25, 0.3) is 0 Å². The van der Waals surface area contributed by atoms with E-state index < -0.39 is 0 Å². The predicted octanol–water partition coefficient (Wildman–Crippen LogP) is 3.36. The van der Waals surface area contributed by atoms with E-state index >= 15 is 0 Å². The fourth-order valence-electron chi connectivity index (χ4n) is 5.02. The molecule has 1 amide bonds. The Morgan fingerprint density at radius 3 is 2.58 bits per heavy atom. The van der Waals surface area contributed by atoms with Crippen LogP contribution in [0.1, 0.15) is 39.6 Å². The van der Waals surface area contributed by atoms with Crippen LogP contribution >= 0.6 is 15.9 Å². The van der Waals surface area contributed by atoms with Gasteiger partial charge >= 0.3 is 0 Å². The molecule has 1 atom stereocenters. The lowest BCUT2D eigenvalue weighted by molar-refractivity contribution is -0.605. The van der Waals surface area contributed by atoms with Crippen LogP contribution in [0, 0.1) is 12.1 Å². The molecular formula is C26H27BrN4O2. The van der Waals surface area contributed by atoms with Crippen molar-refractivity contribution in [1.29, 1.82) is 0 Å². The van der Waals surface area contributed by atoms with Crippen LogP contribution in [0.2, 0.25) is 0 Å². The standard InChI is InChI=1S/C26H27BrN4O2/c1-18-2-5-23-20(14-18)3-4-21-16-22(27)17-28-25(21)26(23)30-12-10-29(11-13-30)24(32)15-19-6-8-31(33)9-7-19/h2,5-9,14,16-17,26H,3-4,10-13,15H2,1H3. The molecule has 0 N–H and O–H groups in total. The maximum Gasteiger partial charge on any atom is 0.227 e.